The van der Waals surface area contributed by atoms with Gasteiger partial charge in [0.25, 0.3) is 14.2 Å². The highest BCUT2D eigenvalue weighted by Crippen LogP contribution is 2.40. The Morgan fingerprint density at radius 2 is 1.60 bits per heavy atom. The summed E-state index contributed by atoms with van der Waals surface area (Å²) < 4.78 is 45.7. The number of amides is 1. The van der Waals surface area contributed by atoms with Crippen LogP contribution in [-0.4, -0.2) is 68.6 Å². The third-order valence-corrected chi connectivity index (χ3v) is 14.4. The van der Waals surface area contributed by atoms with Crippen molar-refractivity contribution in [3.8, 4) is 0 Å². The highest BCUT2D eigenvalue weighted by molar-refractivity contribution is 7.10. The number of carbonyl (C=O) groups is 1. The normalized spacial score (nSPS) is 17.9. The molecule has 0 bridgehead atoms. The number of thiazole rings is 1. The number of nitrogens with zero attached hydrogens (tertiary/aromatic N) is 3. The summed E-state index contributed by atoms with van der Waals surface area (Å²) in [6.07, 6.45) is -2.01. The van der Waals surface area contributed by atoms with E-state index < -0.39 is 26.1 Å². The molecule has 1 aliphatic heterocycles. The van der Waals surface area contributed by atoms with E-state index in [1.165, 1.54) is 16.3 Å². The van der Waals surface area contributed by atoms with Gasteiger partial charge in [0.2, 0.25) is 0 Å². The van der Waals surface area contributed by atoms with Crippen molar-refractivity contribution < 1.29 is 27.8 Å². The first-order chi connectivity index (χ1) is 22.2. The van der Waals surface area contributed by atoms with Gasteiger partial charge in [-0.05, 0) is 35.3 Å². The van der Waals surface area contributed by atoms with Crippen LogP contribution in [0.5, 0.6) is 0 Å². The van der Waals surface area contributed by atoms with Crippen molar-refractivity contribution in [1.29, 1.82) is 0 Å². The lowest BCUT2D eigenvalue weighted by molar-refractivity contribution is -0.00554. The smallest absolute Gasteiger partial charge is 0.272 e. The van der Waals surface area contributed by atoms with E-state index in [4.69, 9.17) is 9.16 Å². The van der Waals surface area contributed by atoms with Crippen molar-refractivity contribution in [1.82, 2.24) is 9.88 Å². The molecule has 1 aromatic heterocycles. The molecule has 47 heavy (non-hydrogen) atoms. The molecule has 0 spiro atoms. The van der Waals surface area contributed by atoms with Crippen molar-refractivity contribution in [3.63, 3.8) is 0 Å². The second-order valence-corrected chi connectivity index (χ2v) is 18.6. The molecule has 3 atom stereocenters. The second kappa shape index (κ2) is 13.9. The van der Waals surface area contributed by atoms with Gasteiger partial charge < -0.3 is 24.1 Å². The van der Waals surface area contributed by atoms with Gasteiger partial charge in [0.05, 0.1) is 24.5 Å². The molecule has 250 valence electrons. The third kappa shape index (κ3) is 6.91. The van der Waals surface area contributed by atoms with E-state index >= 15 is 8.78 Å². The van der Waals surface area contributed by atoms with Crippen LogP contribution in [0.2, 0.25) is 5.04 Å². The van der Waals surface area contributed by atoms with E-state index in [0.29, 0.717) is 18.7 Å². The van der Waals surface area contributed by atoms with Gasteiger partial charge in [-0.25, -0.2) is 13.8 Å². The molecule has 0 saturated carbocycles. The van der Waals surface area contributed by atoms with Crippen LogP contribution in [0.3, 0.4) is 0 Å². The average molecular weight is 680 g/mol. The lowest BCUT2D eigenvalue weighted by Gasteiger charge is -2.43. The molecule has 1 N–H and O–H groups in total. The fourth-order valence-corrected chi connectivity index (χ4v) is 11.8. The number of aliphatic hydroxyl groups is 1. The first kappa shape index (κ1) is 34.8. The fraction of sp³-hybridized carbons (Fsp3) is 0.389. The van der Waals surface area contributed by atoms with Crippen LogP contribution in [0.4, 0.5) is 14.5 Å². The minimum atomic E-state index is -3.07. The maximum absolute atomic E-state index is 16.5. The minimum Gasteiger partial charge on any atom is -0.403 e. The van der Waals surface area contributed by atoms with Gasteiger partial charge in [0.1, 0.15) is 16.8 Å². The number of morpholine rings is 1. The van der Waals surface area contributed by atoms with Gasteiger partial charge in [-0.2, -0.15) is 0 Å². The van der Waals surface area contributed by atoms with E-state index in [1.807, 2.05) is 55.1 Å². The fourth-order valence-electron chi connectivity index (χ4n) is 6.52. The summed E-state index contributed by atoms with van der Waals surface area (Å²) in [6.45, 7) is 10.9. The van der Waals surface area contributed by atoms with Gasteiger partial charge in [-0.3, -0.25) is 4.79 Å². The Kier molecular flexibility index (Phi) is 10.3. The Morgan fingerprint density at radius 1 is 1.04 bits per heavy atom. The van der Waals surface area contributed by atoms with Crippen molar-refractivity contribution in [2.24, 2.45) is 0 Å². The molecule has 0 aliphatic carbocycles. The molecule has 3 aromatic carbocycles. The minimum absolute atomic E-state index is 0.0398. The summed E-state index contributed by atoms with van der Waals surface area (Å²) in [4.78, 5) is 19.9. The summed E-state index contributed by atoms with van der Waals surface area (Å²) in [6, 6.07) is 21.7. The monoisotopic (exact) mass is 679 g/mol. The number of benzene rings is 3. The number of carbonyl (C=O) groups excluding carboxylic acids is 1. The molecule has 1 saturated heterocycles. The number of halogens is 2. The van der Waals surface area contributed by atoms with E-state index in [0.717, 1.165) is 21.7 Å². The largest absolute Gasteiger partial charge is 0.403 e. The van der Waals surface area contributed by atoms with Crippen LogP contribution in [-0.2, 0) is 15.8 Å². The van der Waals surface area contributed by atoms with Gasteiger partial charge in [0, 0.05) is 43.7 Å². The second-order valence-electron chi connectivity index (χ2n) is 13.4. The molecule has 2 heterocycles. The molecule has 0 radical (unpaired) electrons. The van der Waals surface area contributed by atoms with Crippen molar-refractivity contribution in [2.75, 3.05) is 32.1 Å². The molecule has 1 aliphatic rings. The standard InChI is InChI=1S/C36H43F2N3O4SSi/c1-23-19-41(20-24(2)45-23)32-25(18-28(30(37)31(32)38)33(42)34-39-29(22-46-34)35(43)40(6)7)21-44-47(36(3,4)5,26-14-10-8-11-15-26)27-16-12-9-13-17-27/h8-18,22-24,33,42H,19-21H2,1-7H3. The summed E-state index contributed by atoms with van der Waals surface area (Å²) in [5.41, 5.74) is 0.368. The average Bonchev–Trinajstić information content (AvgIpc) is 3.52. The van der Waals surface area contributed by atoms with Crippen molar-refractivity contribution in [2.45, 2.75) is 64.6 Å². The Labute approximate surface area is 280 Å². The topological polar surface area (TPSA) is 75.1 Å². The molecule has 1 fully saturated rings. The summed E-state index contributed by atoms with van der Waals surface area (Å²) in [7, 11) is 0.123. The molecular weight excluding hydrogens is 637 g/mol. The molecule has 3 unspecified atom stereocenters. The first-order valence-electron chi connectivity index (χ1n) is 15.8. The van der Waals surface area contributed by atoms with Crippen molar-refractivity contribution in [3.05, 3.63) is 106 Å². The molecule has 11 heteroatoms. The summed E-state index contributed by atoms with van der Waals surface area (Å²) in [5, 5.41) is 14.8. The van der Waals surface area contributed by atoms with Crippen LogP contribution in [0.1, 0.15) is 67.3 Å². The number of aliphatic hydroxyl groups excluding tert-OH is 1. The summed E-state index contributed by atoms with van der Waals surface area (Å²) in [5.74, 6) is -2.58. The molecular formula is C36H43F2N3O4SSi. The van der Waals surface area contributed by atoms with Gasteiger partial charge >= 0.3 is 0 Å². The van der Waals surface area contributed by atoms with E-state index in [-0.39, 0.29) is 51.7 Å². The van der Waals surface area contributed by atoms with Gasteiger partial charge in [0.15, 0.2) is 11.6 Å². The molecule has 7 nitrogen and oxygen atoms in total. The van der Waals surface area contributed by atoms with Crippen LogP contribution < -0.4 is 15.3 Å². The quantitative estimate of drug-likeness (QED) is 0.223. The zero-order valence-electron chi connectivity index (χ0n) is 28.0. The van der Waals surface area contributed by atoms with Crippen LogP contribution in [0.25, 0.3) is 0 Å². The van der Waals surface area contributed by atoms with Crippen LogP contribution in [0, 0.1) is 11.6 Å². The van der Waals surface area contributed by atoms with Crippen molar-refractivity contribution >= 4 is 41.6 Å². The van der Waals surface area contributed by atoms with Crippen LogP contribution in [0.15, 0.2) is 72.1 Å². The summed E-state index contributed by atoms with van der Waals surface area (Å²) >= 11 is 1.02. The number of anilines is 1. The highest BCUT2D eigenvalue weighted by atomic mass is 32.1. The van der Waals surface area contributed by atoms with Crippen LogP contribution >= 0.6 is 11.3 Å². The molecule has 4 aromatic rings. The predicted octanol–water partition coefficient (Wildman–Crippen LogP) is 5.90. The zero-order chi connectivity index (χ0) is 34.1. The number of rotatable bonds is 9. The maximum Gasteiger partial charge on any atom is 0.272 e. The molecule has 1 amide bonds. The first-order valence-corrected chi connectivity index (χ1v) is 18.5. The predicted molar refractivity (Wildman–Crippen MR) is 185 cm³/mol. The Hall–Kier alpha value is -3.48. The Morgan fingerprint density at radius 3 is 2.11 bits per heavy atom. The molecule has 5 rings (SSSR count). The van der Waals surface area contributed by atoms with E-state index in [2.05, 4.69) is 50.0 Å². The number of aromatic nitrogens is 1. The lowest BCUT2D eigenvalue weighted by atomic mass is 10.0. The van der Waals surface area contributed by atoms with Gasteiger partial charge in [-0.15, -0.1) is 11.3 Å². The highest BCUT2D eigenvalue weighted by Gasteiger charge is 2.50. The maximum atomic E-state index is 16.5. The lowest BCUT2D eigenvalue weighted by Crippen LogP contribution is -2.66. The van der Waals surface area contributed by atoms with E-state index in [1.54, 1.807) is 14.1 Å². The number of hydrogen-bond acceptors (Lipinski definition) is 7. The number of hydrogen-bond donors (Lipinski definition) is 1. The third-order valence-electron chi connectivity index (χ3n) is 8.56. The van der Waals surface area contributed by atoms with E-state index in [9.17, 15) is 9.90 Å². The Bertz CT molecular complexity index is 1650. The number of ether oxygens (including phenoxy) is 1. The Balaban J connectivity index is 1.66. The zero-order valence-corrected chi connectivity index (χ0v) is 29.8. The van der Waals surface area contributed by atoms with Gasteiger partial charge in [-0.1, -0.05) is 81.4 Å². The SMILES string of the molecule is CC1CN(c2c(CO[Si](c3ccccc3)(c3ccccc3)C(C)(C)C)cc(C(O)c3nc(C(=O)N(C)C)cs3)c(F)c2F)CC(C)O1.